The van der Waals surface area contributed by atoms with Crippen LogP contribution in [0.2, 0.25) is 5.02 Å². The van der Waals surface area contributed by atoms with Crippen LogP contribution in [-0.2, 0) is 0 Å². The van der Waals surface area contributed by atoms with Crippen molar-refractivity contribution in [3.8, 4) is 5.75 Å². The molecule has 108 valence electrons. The fourth-order valence-electron chi connectivity index (χ4n) is 2.07. The molecular weight excluding hydrogens is 358 g/mol. The second kappa shape index (κ2) is 7.46. The first kappa shape index (κ1) is 15.8. The molecule has 1 aromatic carbocycles. The van der Waals surface area contributed by atoms with E-state index in [2.05, 4.69) is 34.2 Å². The summed E-state index contributed by atoms with van der Waals surface area (Å²) >= 11 is 11.5. The van der Waals surface area contributed by atoms with Crippen LogP contribution in [0, 0.1) is 0 Å². The highest BCUT2D eigenvalue weighted by molar-refractivity contribution is 9.10. The lowest BCUT2D eigenvalue weighted by Gasteiger charge is -2.21. The van der Waals surface area contributed by atoms with Gasteiger partial charge in [0.15, 0.2) is 0 Å². The molecule has 1 N–H and O–H groups in total. The van der Waals surface area contributed by atoms with Crippen molar-refractivity contribution < 1.29 is 4.74 Å². The summed E-state index contributed by atoms with van der Waals surface area (Å²) in [7, 11) is 1.69. The van der Waals surface area contributed by atoms with Crippen LogP contribution in [0.1, 0.15) is 29.8 Å². The molecule has 0 saturated carbocycles. The van der Waals surface area contributed by atoms with Gasteiger partial charge in [-0.15, -0.1) is 11.3 Å². The molecule has 1 heterocycles. The number of thiophene rings is 1. The molecule has 0 saturated heterocycles. The highest BCUT2D eigenvalue weighted by Gasteiger charge is 2.21. The van der Waals surface area contributed by atoms with Gasteiger partial charge >= 0.3 is 0 Å². The lowest BCUT2D eigenvalue weighted by atomic mass is 10.0. The van der Waals surface area contributed by atoms with E-state index in [9.17, 15) is 0 Å². The molecule has 0 bridgehead atoms. The number of methoxy groups -OCH3 is 1. The zero-order chi connectivity index (χ0) is 14.5. The minimum atomic E-state index is 0.0606. The predicted molar refractivity (Wildman–Crippen MR) is 90.2 cm³/mol. The van der Waals surface area contributed by atoms with Crippen molar-refractivity contribution in [3.05, 3.63) is 49.6 Å². The number of ether oxygens (including phenoxy) is 1. The lowest BCUT2D eigenvalue weighted by molar-refractivity contribution is 0.404. The predicted octanol–water partition coefficient (Wildman–Crippen LogP) is 5.26. The third-order valence-electron chi connectivity index (χ3n) is 3.01. The first-order chi connectivity index (χ1) is 9.67. The quantitative estimate of drug-likeness (QED) is 0.744. The summed E-state index contributed by atoms with van der Waals surface area (Å²) in [4.78, 5) is 1.13. The van der Waals surface area contributed by atoms with Gasteiger partial charge in [0.1, 0.15) is 5.75 Å². The molecule has 1 aromatic heterocycles. The Bertz CT molecular complexity index is 573. The minimum Gasteiger partial charge on any atom is -0.496 e. The third-order valence-corrected chi connectivity index (χ3v) is 4.93. The maximum Gasteiger partial charge on any atom is 0.125 e. The molecule has 2 aromatic rings. The average Bonchev–Trinajstić information content (AvgIpc) is 2.86. The smallest absolute Gasteiger partial charge is 0.125 e. The van der Waals surface area contributed by atoms with Crippen LogP contribution < -0.4 is 10.1 Å². The normalized spacial score (nSPS) is 12.4. The van der Waals surface area contributed by atoms with Crippen molar-refractivity contribution in [2.24, 2.45) is 0 Å². The standard InChI is InChI=1S/C15H17BrClNOS/c1-3-7-18-14(15-12(17)6-8-20-15)11-5-4-10(16)9-13(11)19-2/h4-6,8-9,14,18H,3,7H2,1-2H3. The first-order valence-electron chi connectivity index (χ1n) is 6.47. The van der Waals surface area contributed by atoms with Crippen molar-refractivity contribution in [1.29, 1.82) is 0 Å². The van der Waals surface area contributed by atoms with E-state index in [1.807, 2.05) is 23.6 Å². The van der Waals surface area contributed by atoms with Crippen LogP contribution in [0.4, 0.5) is 0 Å². The van der Waals surface area contributed by atoms with Gasteiger partial charge in [0, 0.05) is 14.9 Å². The van der Waals surface area contributed by atoms with E-state index in [-0.39, 0.29) is 6.04 Å². The van der Waals surface area contributed by atoms with Gasteiger partial charge < -0.3 is 10.1 Å². The molecular formula is C15H17BrClNOS. The highest BCUT2D eigenvalue weighted by Crippen LogP contribution is 2.37. The summed E-state index contributed by atoms with van der Waals surface area (Å²) in [5.41, 5.74) is 1.11. The second-order valence-corrected chi connectivity index (χ2v) is 6.68. The van der Waals surface area contributed by atoms with Gasteiger partial charge in [-0.2, -0.15) is 0 Å². The van der Waals surface area contributed by atoms with Gasteiger partial charge in [0.25, 0.3) is 0 Å². The summed E-state index contributed by atoms with van der Waals surface area (Å²) in [5, 5.41) is 6.37. The van der Waals surface area contributed by atoms with Crippen LogP contribution in [-0.4, -0.2) is 13.7 Å². The van der Waals surface area contributed by atoms with Gasteiger partial charge in [0.05, 0.1) is 18.2 Å². The second-order valence-electron chi connectivity index (χ2n) is 4.41. The first-order valence-corrected chi connectivity index (χ1v) is 8.52. The van der Waals surface area contributed by atoms with E-state index in [0.717, 1.165) is 38.7 Å². The van der Waals surface area contributed by atoms with Gasteiger partial charge in [-0.25, -0.2) is 0 Å². The molecule has 0 fully saturated rings. The van der Waals surface area contributed by atoms with Crippen LogP contribution in [0.5, 0.6) is 5.75 Å². The Hall–Kier alpha value is -0.550. The number of rotatable bonds is 6. The summed E-state index contributed by atoms with van der Waals surface area (Å²) in [6.07, 6.45) is 1.07. The highest BCUT2D eigenvalue weighted by atomic mass is 79.9. The molecule has 0 aliphatic rings. The fourth-order valence-corrected chi connectivity index (χ4v) is 3.67. The van der Waals surface area contributed by atoms with Gasteiger partial charge in [-0.3, -0.25) is 0 Å². The Kier molecular flexibility index (Phi) is 5.90. The van der Waals surface area contributed by atoms with Gasteiger partial charge in [-0.1, -0.05) is 40.5 Å². The molecule has 2 rings (SSSR count). The topological polar surface area (TPSA) is 21.3 Å². The zero-order valence-corrected chi connectivity index (χ0v) is 14.6. The number of benzene rings is 1. The average molecular weight is 375 g/mol. The van der Waals surface area contributed by atoms with E-state index < -0.39 is 0 Å². The Morgan fingerprint density at radius 3 is 2.80 bits per heavy atom. The molecule has 0 radical (unpaired) electrons. The van der Waals surface area contributed by atoms with Crippen LogP contribution >= 0.6 is 38.9 Å². The van der Waals surface area contributed by atoms with E-state index in [0.29, 0.717) is 0 Å². The SMILES string of the molecule is CCCNC(c1ccc(Br)cc1OC)c1sccc1Cl. The van der Waals surface area contributed by atoms with E-state index >= 15 is 0 Å². The van der Waals surface area contributed by atoms with E-state index in [4.69, 9.17) is 16.3 Å². The number of hydrogen-bond acceptors (Lipinski definition) is 3. The zero-order valence-electron chi connectivity index (χ0n) is 11.5. The minimum absolute atomic E-state index is 0.0606. The number of hydrogen-bond donors (Lipinski definition) is 1. The molecule has 0 spiro atoms. The molecule has 0 aliphatic heterocycles. The number of halogens is 2. The van der Waals surface area contributed by atoms with Crippen LogP contribution in [0.3, 0.4) is 0 Å². The monoisotopic (exact) mass is 373 g/mol. The maximum absolute atomic E-state index is 6.31. The summed E-state index contributed by atoms with van der Waals surface area (Å²) < 4.78 is 6.52. The van der Waals surface area contributed by atoms with Crippen LogP contribution in [0.15, 0.2) is 34.1 Å². The van der Waals surface area contributed by atoms with E-state index in [1.54, 1.807) is 18.4 Å². The largest absolute Gasteiger partial charge is 0.496 e. The Balaban J connectivity index is 2.43. The van der Waals surface area contributed by atoms with Gasteiger partial charge in [-0.05, 0) is 36.5 Å². The maximum atomic E-state index is 6.31. The summed E-state index contributed by atoms with van der Waals surface area (Å²) in [5.74, 6) is 0.859. The Morgan fingerprint density at radius 2 is 2.20 bits per heavy atom. The van der Waals surface area contributed by atoms with Gasteiger partial charge in [0.2, 0.25) is 0 Å². The molecule has 5 heteroatoms. The fraction of sp³-hybridized carbons (Fsp3) is 0.333. The van der Waals surface area contributed by atoms with E-state index in [1.165, 1.54) is 0 Å². The molecule has 1 atom stereocenters. The van der Waals surface area contributed by atoms with Crippen molar-refractivity contribution in [2.45, 2.75) is 19.4 Å². The summed E-state index contributed by atoms with van der Waals surface area (Å²) in [6, 6.07) is 8.09. The lowest BCUT2D eigenvalue weighted by Crippen LogP contribution is -2.23. The van der Waals surface area contributed by atoms with Crippen molar-refractivity contribution >= 4 is 38.9 Å². The van der Waals surface area contributed by atoms with Crippen molar-refractivity contribution in [1.82, 2.24) is 5.32 Å². The molecule has 20 heavy (non-hydrogen) atoms. The summed E-state index contributed by atoms with van der Waals surface area (Å²) in [6.45, 7) is 3.08. The molecule has 1 unspecified atom stereocenters. The molecule has 0 aliphatic carbocycles. The molecule has 2 nitrogen and oxygen atoms in total. The van der Waals surface area contributed by atoms with Crippen molar-refractivity contribution in [2.75, 3.05) is 13.7 Å². The molecule has 0 amide bonds. The Labute approximate surface area is 137 Å². The number of nitrogens with one attached hydrogen (secondary N) is 1. The van der Waals surface area contributed by atoms with Crippen molar-refractivity contribution in [3.63, 3.8) is 0 Å². The third kappa shape index (κ3) is 3.55. The Morgan fingerprint density at radius 1 is 1.40 bits per heavy atom. The van der Waals surface area contributed by atoms with Crippen LogP contribution in [0.25, 0.3) is 0 Å².